The van der Waals surface area contributed by atoms with E-state index < -0.39 is 0 Å². The van der Waals surface area contributed by atoms with Crippen LogP contribution in [0.2, 0.25) is 0 Å². The van der Waals surface area contributed by atoms with Gasteiger partial charge >= 0.3 is 0 Å². The molecule has 0 unspecified atom stereocenters. The van der Waals surface area contributed by atoms with E-state index in [-0.39, 0.29) is 0 Å². The van der Waals surface area contributed by atoms with Crippen LogP contribution in [0.25, 0.3) is 33.4 Å². The van der Waals surface area contributed by atoms with Gasteiger partial charge in [-0.1, -0.05) is 24.6 Å². The Morgan fingerprint density at radius 2 is 1.71 bits per heavy atom. The first-order chi connectivity index (χ1) is 16.8. The maximum atomic E-state index is 12.0. The Labute approximate surface area is 199 Å². The van der Waals surface area contributed by atoms with E-state index >= 15 is 0 Å². The fraction of sp³-hybridized carbons (Fsp3) is 0.276. The van der Waals surface area contributed by atoms with Crippen molar-refractivity contribution in [3.8, 4) is 33.9 Å². The quantitative estimate of drug-likeness (QED) is 0.286. The number of fused-ring (bicyclic) bond motifs is 1. The highest BCUT2D eigenvalue weighted by molar-refractivity contribution is 6.05. The maximum Gasteiger partial charge on any atom is 0.150 e. The molecule has 0 spiro atoms. The van der Waals surface area contributed by atoms with Crippen LogP contribution in [0, 0.1) is 0 Å². The molecule has 5 heteroatoms. The molecule has 174 valence electrons. The molecular weight excluding hydrogens is 426 g/mol. The van der Waals surface area contributed by atoms with Crippen molar-refractivity contribution in [2.24, 2.45) is 0 Å². The van der Waals surface area contributed by atoms with Gasteiger partial charge in [0.05, 0.1) is 7.11 Å². The predicted octanol–water partition coefficient (Wildman–Crippen LogP) is 6.45. The molecule has 1 aliphatic rings. The predicted molar refractivity (Wildman–Crippen MR) is 135 cm³/mol. The lowest BCUT2D eigenvalue weighted by atomic mass is 9.95. The smallest absolute Gasteiger partial charge is 0.150 e. The fourth-order valence-electron chi connectivity index (χ4n) is 4.68. The molecule has 0 atom stereocenters. The molecule has 2 heterocycles. The van der Waals surface area contributed by atoms with Crippen LogP contribution in [0.4, 0.5) is 0 Å². The van der Waals surface area contributed by atoms with Gasteiger partial charge in [0.1, 0.15) is 29.4 Å². The van der Waals surface area contributed by atoms with Crippen molar-refractivity contribution in [2.45, 2.75) is 19.3 Å². The van der Waals surface area contributed by atoms with Crippen LogP contribution in [0.1, 0.15) is 29.6 Å². The number of hydrogen-bond donors (Lipinski definition) is 0. The number of benzene rings is 3. The molecule has 1 saturated heterocycles. The zero-order valence-electron chi connectivity index (χ0n) is 19.5. The van der Waals surface area contributed by atoms with Crippen LogP contribution in [-0.4, -0.2) is 44.5 Å². The lowest BCUT2D eigenvalue weighted by Gasteiger charge is -2.26. The van der Waals surface area contributed by atoms with Crippen LogP contribution >= 0.6 is 0 Å². The molecule has 0 saturated carbocycles. The molecule has 0 bridgehead atoms. The van der Waals surface area contributed by atoms with Gasteiger partial charge in [-0.25, -0.2) is 0 Å². The van der Waals surface area contributed by atoms with Gasteiger partial charge in [-0.05, 0) is 74.5 Å². The van der Waals surface area contributed by atoms with Crippen molar-refractivity contribution < 1.29 is 18.7 Å². The number of hydrogen-bond acceptors (Lipinski definition) is 5. The molecule has 3 aromatic carbocycles. The third-order valence-electron chi connectivity index (χ3n) is 6.49. The number of carbonyl (C=O) groups is 1. The van der Waals surface area contributed by atoms with E-state index in [4.69, 9.17) is 13.9 Å². The van der Waals surface area contributed by atoms with E-state index in [2.05, 4.69) is 4.90 Å². The second-order valence-corrected chi connectivity index (χ2v) is 8.65. The average molecular weight is 456 g/mol. The highest BCUT2D eigenvalue weighted by atomic mass is 16.5. The van der Waals surface area contributed by atoms with Gasteiger partial charge in [0, 0.05) is 34.2 Å². The molecule has 1 aliphatic heterocycles. The molecule has 4 aromatic rings. The number of furan rings is 1. The monoisotopic (exact) mass is 455 g/mol. The first-order valence-corrected chi connectivity index (χ1v) is 11.9. The summed E-state index contributed by atoms with van der Waals surface area (Å²) in [6.07, 6.45) is 4.75. The lowest BCUT2D eigenvalue weighted by molar-refractivity contribution is 0.112. The number of carbonyl (C=O) groups excluding carboxylic acids is 1. The minimum Gasteiger partial charge on any atom is -0.497 e. The fourth-order valence-corrected chi connectivity index (χ4v) is 4.68. The molecule has 0 radical (unpaired) electrons. The van der Waals surface area contributed by atoms with Crippen LogP contribution in [0.15, 0.2) is 71.1 Å². The normalized spacial score (nSPS) is 14.3. The van der Waals surface area contributed by atoms with E-state index in [0.717, 1.165) is 70.8 Å². The van der Waals surface area contributed by atoms with E-state index in [1.165, 1.54) is 19.3 Å². The Morgan fingerprint density at radius 1 is 0.941 bits per heavy atom. The van der Waals surface area contributed by atoms with Gasteiger partial charge in [-0.2, -0.15) is 0 Å². The second-order valence-electron chi connectivity index (χ2n) is 8.65. The topological polar surface area (TPSA) is 51.9 Å². The van der Waals surface area contributed by atoms with Crippen LogP contribution in [-0.2, 0) is 0 Å². The summed E-state index contributed by atoms with van der Waals surface area (Å²) in [7, 11) is 1.65. The third kappa shape index (κ3) is 4.57. The maximum absolute atomic E-state index is 12.0. The van der Waals surface area contributed by atoms with Gasteiger partial charge in [0.2, 0.25) is 0 Å². The highest BCUT2D eigenvalue weighted by Gasteiger charge is 2.21. The number of rotatable bonds is 8. The summed E-state index contributed by atoms with van der Waals surface area (Å²) in [5.74, 6) is 2.25. The zero-order valence-corrected chi connectivity index (χ0v) is 19.5. The largest absolute Gasteiger partial charge is 0.497 e. The minimum absolute atomic E-state index is 0.602. The number of likely N-dealkylation sites (tertiary alicyclic amines) is 1. The summed E-state index contributed by atoms with van der Waals surface area (Å²) in [6, 6.07) is 21.3. The molecule has 1 aromatic heterocycles. The Hall–Kier alpha value is -3.57. The molecule has 1 fully saturated rings. The van der Waals surface area contributed by atoms with Gasteiger partial charge in [-0.3, -0.25) is 9.69 Å². The van der Waals surface area contributed by atoms with Crippen molar-refractivity contribution in [3.05, 3.63) is 72.3 Å². The Balaban J connectivity index is 1.52. The zero-order chi connectivity index (χ0) is 23.3. The number of methoxy groups -OCH3 is 1. The van der Waals surface area contributed by atoms with Crippen molar-refractivity contribution in [1.82, 2.24) is 4.90 Å². The third-order valence-corrected chi connectivity index (χ3v) is 6.49. The number of piperidine rings is 1. The van der Waals surface area contributed by atoms with Crippen LogP contribution < -0.4 is 9.47 Å². The van der Waals surface area contributed by atoms with Crippen LogP contribution in [0.5, 0.6) is 11.5 Å². The summed E-state index contributed by atoms with van der Waals surface area (Å²) < 4.78 is 17.8. The van der Waals surface area contributed by atoms with Crippen molar-refractivity contribution in [3.63, 3.8) is 0 Å². The van der Waals surface area contributed by atoms with Gasteiger partial charge in [0.25, 0.3) is 0 Å². The van der Waals surface area contributed by atoms with Crippen molar-refractivity contribution in [2.75, 3.05) is 33.4 Å². The molecule has 0 aliphatic carbocycles. The lowest BCUT2D eigenvalue weighted by Crippen LogP contribution is -2.33. The Kier molecular flexibility index (Phi) is 6.63. The second kappa shape index (κ2) is 10.1. The van der Waals surface area contributed by atoms with E-state index in [0.29, 0.717) is 12.2 Å². The number of ether oxygens (including phenoxy) is 2. The summed E-state index contributed by atoms with van der Waals surface area (Å²) >= 11 is 0. The molecule has 5 nitrogen and oxygen atoms in total. The van der Waals surface area contributed by atoms with Gasteiger partial charge in [0.15, 0.2) is 6.29 Å². The van der Waals surface area contributed by atoms with Gasteiger partial charge < -0.3 is 13.9 Å². The molecule has 0 amide bonds. The number of para-hydroxylation sites is 1. The Morgan fingerprint density at radius 3 is 2.47 bits per heavy atom. The highest BCUT2D eigenvalue weighted by Crippen LogP contribution is 2.43. The Bertz CT molecular complexity index is 1270. The first-order valence-electron chi connectivity index (χ1n) is 11.9. The summed E-state index contributed by atoms with van der Waals surface area (Å²) in [6.45, 7) is 3.82. The van der Waals surface area contributed by atoms with E-state index in [1.54, 1.807) is 7.11 Å². The van der Waals surface area contributed by atoms with Gasteiger partial charge in [-0.15, -0.1) is 0 Å². The van der Waals surface area contributed by atoms with E-state index in [9.17, 15) is 4.79 Å². The molecular formula is C29H29NO4. The summed E-state index contributed by atoms with van der Waals surface area (Å²) in [4.78, 5) is 14.5. The first kappa shape index (κ1) is 22.2. The SMILES string of the molecule is COc1ccc(-c2oc3ccccc3c2-c2cc(OCCN3CCCCC3)ccc2C=O)cc1. The van der Waals surface area contributed by atoms with E-state index in [1.807, 2.05) is 66.7 Å². The van der Waals surface area contributed by atoms with Crippen LogP contribution in [0.3, 0.4) is 0 Å². The summed E-state index contributed by atoms with van der Waals surface area (Å²) in [5, 5.41) is 0.960. The standard InChI is InChI=1S/C29H29NO4/c1-32-23-12-9-21(10-13-23)29-28(25-7-3-4-8-27(25)34-29)26-19-24(14-11-22(26)20-31)33-18-17-30-15-5-2-6-16-30/h3-4,7-14,19-20H,2,5-6,15-18H2,1H3. The molecule has 0 N–H and O–H groups in total. The average Bonchev–Trinajstić information content (AvgIpc) is 3.29. The molecule has 34 heavy (non-hydrogen) atoms. The number of aldehydes is 1. The van der Waals surface area contributed by atoms with Crippen molar-refractivity contribution in [1.29, 1.82) is 0 Å². The number of nitrogens with zero attached hydrogens (tertiary/aromatic N) is 1. The van der Waals surface area contributed by atoms with Crippen molar-refractivity contribution >= 4 is 17.3 Å². The summed E-state index contributed by atoms with van der Waals surface area (Å²) in [5.41, 5.74) is 3.99. The molecule has 5 rings (SSSR count). The minimum atomic E-state index is 0.602.